The molecular formula is C17H27NO3. The van der Waals surface area contributed by atoms with Crippen LogP contribution in [0.5, 0.6) is 11.5 Å². The van der Waals surface area contributed by atoms with Gasteiger partial charge >= 0.3 is 0 Å². The van der Waals surface area contributed by atoms with Crippen molar-refractivity contribution in [3.63, 3.8) is 0 Å². The van der Waals surface area contributed by atoms with Crippen molar-refractivity contribution in [3.8, 4) is 11.5 Å². The minimum absolute atomic E-state index is 0.00581. The standard InChI is InChI=1S/C17H27NO3/c1-13(18-12-17(2)8-5-9-21-17)10-14-6-7-15(19-3)16(11-14)20-4/h6-7,11,13,18H,5,8-10,12H2,1-4H3. The molecule has 4 heteroatoms. The van der Waals surface area contributed by atoms with Crippen LogP contribution in [-0.2, 0) is 11.2 Å². The number of benzene rings is 1. The monoisotopic (exact) mass is 293 g/mol. The fourth-order valence-electron chi connectivity index (χ4n) is 2.80. The summed E-state index contributed by atoms with van der Waals surface area (Å²) in [5.74, 6) is 1.56. The molecule has 1 saturated heterocycles. The molecule has 1 heterocycles. The molecule has 1 aromatic rings. The predicted octanol–water partition coefficient (Wildman–Crippen LogP) is 2.79. The first kappa shape index (κ1) is 16.1. The maximum Gasteiger partial charge on any atom is 0.160 e. The van der Waals surface area contributed by atoms with E-state index in [1.165, 1.54) is 12.0 Å². The zero-order valence-electron chi connectivity index (χ0n) is 13.6. The smallest absolute Gasteiger partial charge is 0.160 e. The van der Waals surface area contributed by atoms with Gasteiger partial charge in [-0.25, -0.2) is 0 Å². The topological polar surface area (TPSA) is 39.7 Å². The van der Waals surface area contributed by atoms with Crippen LogP contribution >= 0.6 is 0 Å². The van der Waals surface area contributed by atoms with Gasteiger partial charge in [-0.05, 0) is 50.8 Å². The molecule has 0 amide bonds. The Morgan fingerprint density at radius 1 is 1.29 bits per heavy atom. The zero-order valence-corrected chi connectivity index (χ0v) is 13.6. The lowest BCUT2D eigenvalue weighted by molar-refractivity contribution is 0.0191. The van der Waals surface area contributed by atoms with E-state index in [1.54, 1.807) is 14.2 Å². The third kappa shape index (κ3) is 4.35. The Labute approximate surface area is 127 Å². The van der Waals surface area contributed by atoms with Crippen molar-refractivity contribution in [2.24, 2.45) is 0 Å². The van der Waals surface area contributed by atoms with Crippen molar-refractivity contribution < 1.29 is 14.2 Å². The number of methoxy groups -OCH3 is 2. The molecule has 0 aromatic heterocycles. The second-order valence-electron chi connectivity index (χ2n) is 6.08. The molecule has 2 atom stereocenters. The van der Waals surface area contributed by atoms with E-state index in [4.69, 9.17) is 14.2 Å². The van der Waals surface area contributed by atoms with E-state index in [-0.39, 0.29) is 5.60 Å². The van der Waals surface area contributed by atoms with Gasteiger partial charge in [0, 0.05) is 19.2 Å². The van der Waals surface area contributed by atoms with Gasteiger partial charge in [-0.2, -0.15) is 0 Å². The van der Waals surface area contributed by atoms with Crippen molar-refractivity contribution >= 4 is 0 Å². The molecular weight excluding hydrogens is 266 g/mol. The summed E-state index contributed by atoms with van der Waals surface area (Å²) in [4.78, 5) is 0. The van der Waals surface area contributed by atoms with Crippen LogP contribution in [0, 0.1) is 0 Å². The fraction of sp³-hybridized carbons (Fsp3) is 0.647. The maximum atomic E-state index is 5.81. The molecule has 118 valence electrons. The highest BCUT2D eigenvalue weighted by Crippen LogP contribution is 2.28. The maximum absolute atomic E-state index is 5.81. The largest absolute Gasteiger partial charge is 0.493 e. The summed E-state index contributed by atoms with van der Waals surface area (Å²) in [7, 11) is 3.32. The average molecular weight is 293 g/mol. The van der Waals surface area contributed by atoms with Crippen LogP contribution in [0.3, 0.4) is 0 Å². The van der Waals surface area contributed by atoms with E-state index in [0.717, 1.165) is 37.5 Å². The lowest BCUT2D eigenvalue weighted by Crippen LogP contribution is -2.41. The predicted molar refractivity (Wildman–Crippen MR) is 84.3 cm³/mol. The molecule has 21 heavy (non-hydrogen) atoms. The molecule has 4 nitrogen and oxygen atoms in total. The third-order valence-electron chi connectivity index (χ3n) is 4.11. The zero-order chi connectivity index (χ0) is 15.3. The van der Waals surface area contributed by atoms with Crippen molar-refractivity contribution in [2.45, 2.75) is 44.8 Å². The molecule has 1 aliphatic heterocycles. The van der Waals surface area contributed by atoms with E-state index in [2.05, 4.69) is 25.2 Å². The molecule has 0 bridgehead atoms. The number of nitrogens with one attached hydrogen (secondary N) is 1. The lowest BCUT2D eigenvalue weighted by Gasteiger charge is -2.26. The first-order valence-electron chi connectivity index (χ1n) is 7.64. The average Bonchev–Trinajstić information content (AvgIpc) is 2.92. The Morgan fingerprint density at radius 3 is 2.67 bits per heavy atom. The molecule has 0 spiro atoms. The van der Waals surface area contributed by atoms with Crippen LogP contribution in [0.2, 0.25) is 0 Å². The molecule has 0 aliphatic carbocycles. The van der Waals surface area contributed by atoms with Crippen LogP contribution in [-0.4, -0.2) is 39.0 Å². The molecule has 0 saturated carbocycles. The summed E-state index contributed by atoms with van der Waals surface area (Å²) in [5, 5.41) is 3.58. The van der Waals surface area contributed by atoms with Gasteiger partial charge in [0.1, 0.15) is 0 Å². The van der Waals surface area contributed by atoms with Crippen LogP contribution in [0.1, 0.15) is 32.3 Å². The van der Waals surface area contributed by atoms with Crippen LogP contribution in [0.25, 0.3) is 0 Å². The van der Waals surface area contributed by atoms with Gasteiger partial charge in [0.25, 0.3) is 0 Å². The molecule has 1 aliphatic rings. The van der Waals surface area contributed by atoms with Gasteiger partial charge in [0.05, 0.1) is 19.8 Å². The van der Waals surface area contributed by atoms with Crippen molar-refractivity contribution in [3.05, 3.63) is 23.8 Å². The summed E-state index contributed by atoms with van der Waals surface area (Å²) >= 11 is 0. The van der Waals surface area contributed by atoms with Gasteiger partial charge in [-0.15, -0.1) is 0 Å². The highest BCUT2D eigenvalue weighted by atomic mass is 16.5. The minimum Gasteiger partial charge on any atom is -0.493 e. The van der Waals surface area contributed by atoms with Crippen LogP contribution < -0.4 is 14.8 Å². The molecule has 2 unspecified atom stereocenters. The molecule has 1 aromatic carbocycles. The summed E-state index contributed by atoms with van der Waals surface area (Å²) in [6, 6.07) is 6.49. The Kier molecular flexibility index (Phi) is 5.48. The van der Waals surface area contributed by atoms with E-state index >= 15 is 0 Å². The summed E-state index contributed by atoms with van der Waals surface area (Å²) in [6.07, 6.45) is 3.27. The molecule has 1 N–H and O–H groups in total. The van der Waals surface area contributed by atoms with Crippen molar-refractivity contribution in [1.82, 2.24) is 5.32 Å². The van der Waals surface area contributed by atoms with Crippen LogP contribution in [0.15, 0.2) is 18.2 Å². The van der Waals surface area contributed by atoms with E-state index in [9.17, 15) is 0 Å². The van der Waals surface area contributed by atoms with Gasteiger partial charge in [0.2, 0.25) is 0 Å². The van der Waals surface area contributed by atoms with Gasteiger partial charge < -0.3 is 19.5 Å². The highest BCUT2D eigenvalue weighted by molar-refractivity contribution is 5.43. The number of hydrogen-bond acceptors (Lipinski definition) is 4. The van der Waals surface area contributed by atoms with Crippen molar-refractivity contribution in [2.75, 3.05) is 27.4 Å². The van der Waals surface area contributed by atoms with E-state index in [0.29, 0.717) is 6.04 Å². The molecule has 0 radical (unpaired) electrons. The summed E-state index contributed by atoms with van der Waals surface area (Å²) < 4.78 is 16.4. The first-order valence-corrected chi connectivity index (χ1v) is 7.64. The molecule has 1 fully saturated rings. The first-order chi connectivity index (χ1) is 10.1. The minimum atomic E-state index is 0.00581. The third-order valence-corrected chi connectivity index (χ3v) is 4.11. The van der Waals surface area contributed by atoms with E-state index in [1.807, 2.05) is 12.1 Å². The normalized spacial score (nSPS) is 23.0. The molecule has 2 rings (SSSR count). The summed E-state index contributed by atoms with van der Waals surface area (Å²) in [5.41, 5.74) is 1.25. The Balaban J connectivity index is 1.88. The number of ether oxygens (including phenoxy) is 3. The van der Waals surface area contributed by atoms with Gasteiger partial charge in [0.15, 0.2) is 11.5 Å². The number of rotatable bonds is 7. The summed E-state index contributed by atoms with van der Waals surface area (Å²) in [6.45, 7) is 6.19. The van der Waals surface area contributed by atoms with E-state index < -0.39 is 0 Å². The second kappa shape index (κ2) is 7.14. The quantitative estimate of drug-likeness (QED) is 0.839. The second-order valence-corrected chi connectivity index (χ2v) is 6.08. The highest BCUT2D eigenvalue weighted by Gasteiger charge is 2.29. The van der Waals surface area contributed by atoms with Gasteiger partial charge in [-0.1, -0.05) is 6.07 Å². The van der Waals surface area contributed by atoms with Gasteiger partial charge in [-0.3, -0.25) is 0 Å². The lowest BCUT2D eigenvalue weighted by atomic mass is 10.0. The van der Waals surface area contributed by atoms with Crippen molar-refractivity contribution in [1.29, 1.82) is 0 Å². The SMILES string of the molecule is COc1ccc(CC(C)NCC2(C)CCCO2)cc1OC. The Bertz CT molecular complexity index is 455. The number of hydrogen-bond donors (Lipinski definition) is 1. The Morgan fingerprint density at radius 2 is 2.05 bits per heavy atom. The Hall–Kier alpha value is -1.26. The van der Waals surface area contributed by atoms with Crippen LogP contribution in [0.4, 0.5) is 0 Å². The fourth-order valence-corrected chi connectivity index (χ4v) is 2.80.